The van der Waals surface area contributed by atoms with Gasteiger partial charge in [-0.25, -0.2) is 0 Å². The van der Waals surface area contributed by atoms with Gasteiger partial charge in [-0.05, 0) is 43.9 Å². The van der Waals surface area contributed by atoms with Gasteiger partial charge in [-0.1, -0.05) is 31.0 Å². The van der Waals surface area contributed by atoms with Gasteiger partial charge in [0.25, 0.3) is 5.91 Å². The third-order valence-corrected chi connectivity index (χ3v) is 6.13. The number of hydrogen-bond donors (Lipinski definition) is 0. The summed E-state index contributed by atoms with van der Waals surface area (Å²) < 4.78 is 11.3. The molecule has 6 heteroatoms. The molecule has 2 fully saturated rings. The fourth-order valence-electron chi connectivity index (χ4n) is 4.34. The highest BCUT2D eigenvalue weighted by molar-refractivity contribution is 5.93. The van der Waals surface area contributed by atoms with Crippen molar-refractivity contribution in [1.29, 1.82) is 0 Å². The van der Waals surface area contributed by atoms with Crippen LogP contribution in [0.2, 0.25) is 0 Å². The standard InChI is InChI=1S/C24H30N2O4/c27-23(25-13-6-1-2-7-14-25)19-10-15-26(16-11-19)24(28)22-20(12-17-29-22)18-30-21-8-4-3-5-9-21/h3-5,8-9,12,17,19H,1-2,6-7,10-11,13-16,18H2. The van der Waals surface area contributed by atoms with Gasteiger partial charge in [-0.15, -0.1) is 0 Å². The van der Waals surface area contributed by atoms with Crippen molar-refractivity contribution >= 4 is 11.8 Å². The van der Waals surface area contributed by atoms with Crippen LogP contribution in [0.4, 0.5) is 0 Å². The fraction of sp³-hybridized carbons (Fsp3) is 0.500. The summed E-state index contributed by atoms with van der Waals surface area (Å²) in [6.07, 6.45) is 7.62. The SMILES string of the molecule is O=C(c1occc1COc1ccccc1)N1CCC(C(=O)N2CCCCCC2)CC1. The number of ether oxygens (including phenoxy) is 1. The maximum absolute atomic E-state index is 13.0. The number of benzene rings is 1. The molecule has 0 N–H and O–H groups in total. The summed E-state index contributed by atoms with van der Waals surface area (Å²) in [6, 6.07) is 11.3. The minimum atomic E-state index is -0.118. The van der Waals surface area contributed by atoms with Gasteiger partial charge in [-0.2, -0.15) is 0 Å². The lowest BCUT2D eigenvalue weighted by molar-refractivity contribution is -0.136. The zero-order valence-corrected chi connectivity index (χ0v) is 17.4. The van der Waals surface area contributed by atoms with Crippen LogP contribution < -0.4 is 4.74 Å². The van der Waals surface area contributed by atoms with Crippen LogP contribution in [0, 0.1) is 5.92 Å². The number of nitrogens with zero attached hydrogens (tertiary/aromatic N) is 2. The molecule has 0 spiro atoms. The number of rotatable bonds is 5. The second kappa shape index (κ2) is 9.83. The lowest BCUT2D eigenvalue weighted by Crippen LogP contribution is -2.44. The third-order valence-electron chi connectivity index (χ3n) is 6.13. The van der Waals surface area contributed by atoms with Crippen molar-refractivity contribution in [3.05, 3.63) is 54.0 Å². The van der Waals surface area contributed by atoms with Crippen LogP contribution in [-0.4, -0.2) is 47.8 Å². The normalized spacial score (nSPS) is 18.1. The van der Waals surface area contributed by atoms with Crippen LogP contribution in [0.3, 0.4) is 0 Å². The van der Waals surface area contributed by atoms with Gasteiger partial charge in [0.15, 0.2) is 5.76 Å². The zero-order valence-electron chi connectivity index (χ0n) is 17.4. The van der Waals surface area contributed by atoms with Crippen molar-refractivity contribution in [2.75, 3.05) is 26.2 Å². The molecule has 2 amide bonds. The van der Waals surface area contributed by atoms with Gasteiger partial charge in [-0.3, -0.25) is 9.59 Å². The molecule has 0 bridgehead atoms. The van der Waals surface area contributed by atoms with Gasteiger partial charge in [0.1, 0.15) is 12.4 Å². The van der Waals surface area contributed by atoms with E-state index < -0.39 is 0 Å². The summed E-state index contributed by atoms with van der Waals surface area (Å²) in [6.45, 7) is 3.22. The van der Waals surface area contributed by atoms with E-state index in [1.807, 2.05) is 35.2 Å². The molecule has 1 aromatic carbocycles. The molecular weight excluding hydrogens is 380 g/mol. The summed E-state index contributed by atoms with van der Waals surface area (Å²) in [7, 11) is 0. The molecule has 2 saturated heterocycles. The van der Waals surface area contributed by atoms with E-state index in [1.54, 1.807) is 11.0 Å². The third kappa shape index (κ3) is 4.86. The first kappa shape index (κ1) is 20.5. The Morgan fingerprint density at radius 1 is 0.900 bits per heavy atom. The van der Waals surface area contributed by atoms with Crippen molar-refractivity contribution in [3.8, 4) is 5.75 Å². The molecule has 1 aromatic heterocycles. The fourth-order valence-corrected chi connectivity index (χ4v) is 4.34. The molecule has 3 heterocycles. The molecule has 30 heavy (non-hydrogen) atoms. The molecule has 4 rings (SSSR count). The van der Waals surface area contributed by atoms with Gasteiger partial charge >= 0.3 is 0 Å². The summed E-state index contributed by atoms with van der Waals surface area (Å²) in [5.41, 5.74) is 0.742. The zero-order chi connectivity index (χ0) is 20.8. The second-order valence-electron chi connectivity index (χ2n) is 8.18. The van der Waals surface area contributed by atoms with Crippen molar-refractivity contribution in [2.24, 2.45) is 5.92 Å². The Kier molecular flexibility index (Phi) is 6.72. The number of para-hydroxylation sites is 1. The van der Waals surface area contributed by atoms with Gasteiger partial charge in [0, 0.05) is 37.7 Å². The highest BCUT2D eigenvalue weighted by Gasteiger charge is 2.32. The summed E-state index contributed by atoms with van der Waals surface area (Å²) >= 11 is 0. The number of carbonyl (C=O) groups excluding carboxylic acids is 2. The predicted octanol–water partition coefficient (Wildman–Crippen LogP) is 4.11. The number of amides is 2. The molecule has 2 aliphatic heterocycles. The minimum Gasteiger partial charge on any atom is -0.489 e. The number of piperidine rings is 1. The molecule has 0 aliphatic carbocycles. The van der Waals surface area contributed by atoms with Crippen molar-refractivity contribution in [2.45, 2.75) is 45.1 Å². The predicted molar refractivity (Wildman–Crippen MR) is 113 cm³/mol. The van der Waals surface area contributed by atoms with E-state index in [1.165, 1.54) is 19.1 Å². The maximum Gasteiger partial charge on any atom is 0.289 e. The van der Waals surface area contributed by atoms with Crippen molar-refractivity contribution in [3.63, 3.8) is 0 Å². The van der Waals surface area contributed by atoms with Crippen LogP contribution >= 0.6 is 0 Å². The lowest BCUT2D eigenvalue weighted by Gasteiger charge is -2.33. The van der Waals surface area contributed by atoms with E-state index in [-0.39, 0.29) is 24.3 Å². The molecule has 2 aliphatic rings. The van der Waals surface area contributed by atoms with Crippen molar-refractivity contribution < 1.29 is 18.7 Å². The average molecular weight is 411 g/mol. The highest BCUT2D eigenvalue weighted by Crippen LogP contribution is 2.24. The minimum absolute atomic E-state index is 0.0321. The van der Waals surface area contributed by atoms with E-state index in [0.717, 1.165) is 50.1 Å². The molecule has 6 nitrogen and oxygen atoms in total. The van der Waals surface area contributed by atoms with Gasteiger partial charge < -0.3 is 19.0 Å². The van der Waals surface area contributed by atoms with E-state index in [0.29, 0.717) is 18.8 Å². The Morgan fingerprint density at radius 3 is 2.30 bits per heavy atom. The number of likely N-dealkylation sites (tertiary alicyclic amines) is 2. The molecule has 160 valence electrons. The lowest BCUT2D eigenvalue weighted by atomic mass is 9.95. The molecule has 0 radical (unpaired) electrons. The molecule has 0 atom stereocenters. The van der Waals surface area contributed by atoms with E-state index >= 15 is 0 Å². The first-order valence-corrected chi connectivity index (χ1v) is 11.0. The summed E-state index contributed by atoms with van der Waals surface area (Å²) in [5.74, 6) is 1.28. The highest BCUT2D eigenvalue weighted by atomic mass is 16.5. The Hall–Kier alpha value is -2.76. The number of carbonyl (C=O) groups is 2. The molecule has 0 saturated carbocycles. The Balaban J connectivity index is 1.31. The largest absolute Gasteiger partial charge is 0.489 e. The first-order chi connectivity index (χ1) is 14.7. The number of furan rings is 1. The van der Waals surface area contributed by atoms with Gasteiger partial charge in [0.05, 0.1) is 6.26 Å². The Morgan fingerprint density at radius 2 is 1.60 bits per heavy atom. The smallest absolute Gasteiger partial charge is 0.289 e. The summed E-state index contributed by atoms with van der Waals surface area (Å²) in [5, 5.41) is 0. The summed E-state index contributed by atoms with van der Waals surface area (Å²) in [4.78, 5) is 29.7. The van der Waals surface area contributed by atoms with E-state index in [9.17, 15) is 9.59 Å². The van der Waals surface area contributed by atoms with E-state index in [2.05, 4.69) is 0 Å². The molecule has 0 unspecified atom stereocenters. The maximum atomic E-state index is 13.0. The van der Waals surface area contributed by atoms with E-state index in [4.69, 9.17) is 9.15 Å². The quantitative estimate of drug-likeness (QED) is 0.744. The van der Waals surface area contributed by atoms with Crippen LogP contribution in [0.5, 0.6) is 5.75 Å². The number of hydrogen-bond acceptors (Lipinski definition) is 4. The average Bonchev–Trinajstić information content (AvgIpc) is 3.10. The monoisotopic (exact) mass is 410 g/mol. The Labute approximate surface area is 177 Å². The van der Waals surface area contributed by atoms with Crippen molar-refractivity contribution in [1.82, 2.24) is 9.80 Å². The molecular formula is C24H30N2O4. The second-order valence-corrected chi connectivity index (χ2v) is 8.18. The molecule has 2 aromatic rings. The van der Waals surface area contributed by atoms with Crippen LogP contribution in [0.15, 0.2) is 47.1 Å². The van der Waals surface area contributed by atoms with Gasteiger partial charge in [0.2, 0.25) is 5.91 Å². The first-order valence-electron chi connectivity index (χ1n) is 11.0. The van der Waals surface area contributed by atoms with Crippen LogP contribution in [-0.2, 0) is 11.4 Å². The topological polar surface area (TPSA) is 63.0 Å². The van der Waals surface area contributed by atoms with Crippen LogP contribution in [0.25, 0.3) is 0 Å². The van der Waals surface area contributed by atoms with Crippen LogP contribution in [0.1, 0.15) is 54.6 Å². The Bertz CT molecular complexity index is 832.